The van der Waals surface area contributed by atoms with Crippen molar-refractivity contribution >= 4 is 45.6 Å². The van der Waals surface area contributed by atoms with Gasteiger partial charge in [0.2, 0.25) is 11.2 Å². The molecular weight excluding hydrogens is 737 g/mol. The molecule has 0 radical (unpaired) electrons. The fourth-order valence-electron chi connectivity index (χ4n) is 8.44. The fraction of sp³-hybridized carbons (Fsp3) is 0.811. The number of ether oxygens (including phenoxy) is 5. The van der Waals surface area contributed by atoms with Gasteiger partial charge in [-0.15, -0.1) is 10.2 Å². The average molecular weight is 795 g/mol. The molecule has 3 saturated heterocycles. The highest BCUT2D eigenvalue weighted by molar-refractivity contribution is 7.15. The van der Waals surface area contributed by atoms with Gasteiger partial charge in [-0.3, -0.25) is 14.4 Å². The SMILES string of the molecule is CC[C@H]1OC(=O)[C@H](C)C(=O)[C@H](C)[C@@H](O[C@@H]2O[C@H](C)C[C@H](N(C)C)[C@H]2O)[C@@]2(C)C[C@@H](C)C3=NC(=O)C(Cc4nnc(N)s4)O/N=C(/CO[C@H]([C@H]3C)[C@]1(C)O)CO2. The zero-order valence-corrected chi connectivity index (χ0v) is 34.3. The molecule has 14 atom stereocenters. The number of oxime groups is 1. The summed E-state index contributed by atoms with van der Waals surface area (Å²) in [4.78, 5) is 54.8. The summed E-state index contributed by atoms with van der Waals surface area (Å²) in [6.45, 7) is 13.3. The zero-order chi connectivity index (χ0) is 40.6. The summed E-state index contributed by atoms with van der Waals surface area (Å²) >= 11 is 1.11. The van der Waals surface area contributed by atoms with E-state index in [1.807, 2.05) is 32.8 Å². The van der Waals surface area contributed by atoms with Crippen molar-refractivity contribution in [2.45, 2.75) is 141 Å². The summed E-state index contributed by atoms with van der Waals surface area (Å²) in [5, 5.41) is 36.8. The molecule has 1 aromatic heterocycles. The van der Waals surface area contributed by atoms with Crippen LogP contribution in [0.25, 0.3) is 0 Å². The highest BCUT2D eigenvalue weighted by Gasteiger charge is 2.53. The summed E-state index contributed by atoms with van der Waals surface area (Å²) in [6.07, 6.45) is -6.26. The molecule has 1 unspecified atom stereocenters. The molecule has 17 nitrogen and oxygen atoms in total. The van der Waals surface area contributed by atoms with Crippen LogP contribution in [0, 0.1) is 23.7 Å². The number of hydrogen-bond acceptors (Lipinski definition) is 17. The number of hydrogen-bond donors (Lipinski definition) is 3. The number of Topliss-reactive ketones (excluding diaryl/α,β-unsaturated/α-hetero) is 1. The Hall–Kier alpha value is -2.97. The number of aliphatic hydroxyl groups excluding tert-OH is 1. The van der Waals surface area contributed by atoms with Gasteiger partial charge in [-0.1, -0.05) is 44.2 Å². The Labute approximate surface area is 326 Å². The molecule has 18 heteroatoms. The van der Waals surface area contributed by atoms with Crippen molar-refractivity contribution < 1.29 is 53.1 Å². The number of fused-ring (bicyclic) bond motifs is 4. The Morgan fingerprint density at radius 3 is 2.40 bits per heavy atom. The summed E-state index contributed by atoms with van der Waals surface area (Å²) in [6, 6.07) is -0.316. The van der Waals surface area contributed by atoms with Crippen LogP contribution in [0.4, 0.5) is 5.13 Å². The lowest BCUT2D eigenvalue weighted by Crippen LogP contribution is -2.60. The molecule has 4 N–H and O–H groups in total. The number of nitrogens with zero attached hydrogens (tertiary/aromatic N) is 5. The molecule has 4 aliphatic rings. The molecule has 5 heterocycles. The Kier molecular flexibility index (Phi) is 13.5. The Morgan fingerprint density at radius 1 is 1.05 bits per heavy atom. The number of likely N-dealkylation sites (N-methyl/N-ethyl adjacent to an activating group) is 1. The lowest BCUT2D eigenvalue weighted by molar-refractivity contribution is -0.296. The van der Waals surface area contributed by atoms with E-state index in [0.29, 0.717) is 17.1 Å². The van der Waals surface area contributed by atoms with E-state index in [1.54, 1.807) is 27.7 Å². The number of carbonyl (C=O) groups excluding carboxylic acids is 3. The van der Waals surface area contributed by atoms with Crippen molar-refractivity contribution in [3.05, 3.63) is 5.01 Å². The predicted molar refractivity (Wildman–Crippen MR) is 201 cm³/mol. The maximum Gasteiger partial charge on any atom is 0.316 e. The quantitative estimate of drug-likeness (QED) is 0.276. The number of aliphatic imine (C=N–C) groups is 1. The van der Waals surface area contributed by atoms with Crippen molar-refractivity contribution in [2.24, 2.45) is 33.8 Å². The minimum absolute atomic E-state index is 0.0116. The minimum atomic E-state index is -1.84. The van der Waals surface area contributed by atoms with Gasteiger partial charge in [0.15, 0.2) is 12.1 Å². The second-order valence-electron chi connectivity index (χ2n) is 16.2. The van der Waals surface area contributed by atoms with E-state index in [4.69, 9.17) is 34.3 Å². The number of anilines is 1. The Balaban J connectivity index is 1.70. The van der Waals surface area contributed by atoms with E-state index >= 15 is 0 Å². The summed E-state index contributed by atoms with van der Waals surface area (Å²) in [5.74, 6) is -5.56. The van der Waals surface area contributed by atoms with Crippen LogP contribution >= 0.6 is 11.3 Å². The van der Waals surface area contributed by atoms with Crippen LogP contribution in [-0.4, -0.2) is 142 Å². The number of amides is 1. The van der Waals surface area contributed by atoms with Crippen LogP contribution in [0.15, 0.2) is 10.1 Å². The standard InChI is InChI=1S/C37H58N6O11S/c1-11-25-37(8,48)31-19(4)27-17(2)14-36(7,50-16-22(15-49-31)42-54-24(32(46)39-27)13-26-40-41-35(38)55-26)30(20(5)28(44)21(6)33(47)52-25)53-34-29(45)23(43(9)10)12-18(3)51-34/h17-21,23-25,29-31,34,45,48H,11-16H2,1-10H3,(H2,38,41)/b39-27?,42-22-/t17-,18-,19+,20+,21-,23+,24?,25-,29-,30-,31-,34+,36-,37-/m1/s1. The number of aromatic nitrogens is 2. The first kappa shape index (κ1) is 43.2. The third-order valence-corrected chi connectivity index (χ3v) is 12.3. The van der Waals surface area contributed by atoms with E-state index in [2.05, 4.69) is 20.3 Å². The molecule has 3 fully saturated rings. The smallest absolute Gasteiger partial charge is 0.316 e. The molecule has 0 aromatic carbocycles. The topological polar surface area (TPSA) is 227 Å². The van der Waals surface area contributed by atoms with Crippen molar-refractivity contribution in [3.8, 4) is 0 Å². The normalized spacial score (nSPS) is 42.0. The fourth-order valence-corrected chi connectivity index (χ4v) is 9.08. The first-order valence-corrected chi connectivity index (χ1v) is 19.9. The van der Waals surface area contributed by atoms with E-state index in [-0.39, 0.29) is 55.5 Å². The van der Waals surface area contributed by atoms with Gasteiger partial charge in [-0.05, 0) is 67.0 Å². The first-order valence-electron chi connectivity index (χ1n) is 19.1. The second-order valence-corrected chi connectivity index (χ2v) is 17.3. The monoisotopic (exact) mass is 794 g/mol. The van der Waals surface area contributed by atoms with Crippen LogP contribution in [0.1, 0.15) is 79.7 Å². The highest BCUT2D eigenvalue weighted by atomic mass is 32.1. The zero-order valence-electron chi connectivity index (χ0n) is 33.5. The van der Waals surface area contributed by atoms with E-state index in [1.165, 1.54) is 13.8 Å². The number of cyclic esters (lactones) is 1. The first-order chi connectivity index (χ1) is 25.8. The number of nitrogen functional groups attached to an aromatic ring is 1. The molecule has 0 aliphatic carbocycles. The van der Waals surface area contributed by atoms with E-state index in [0.717, 1.165) is 11.3 Å². The molecule has 4 aliphatic heterocycles. The lowest BCUT2D eigenvalue weighted by Gasteiger charge is -2.47. The van der Waals surface area contributed by atoms with Gasteiger partial charge in [-0.2, -0.15) is 0 Å². The third-order valence-electron chi connectivity index (χ3n) is 11.5. The number of esters is 1. The largest absolute Gasteiger partial charge is 0.459 e. The maximum atomic E-state index is 14.4. The molecule has 1 amide bonds. The molecule has 0 saturated carbocycles. The summed E-state index contributed by atoms with van der Waals surface area (Å²) in [5.41, 5.74) is 3.17. The Bertz CT molecular complexity index is 1620. The predicted octanol–water partition coefficient (Wildman–Crippen LogP) is 1.96. The minimum Gasteiger partial charge on any atom is -0.459 e. The van der Waals surface area contributed by atoms with Gasteiger partial charge in [-0.25, -0.2) is 4.99 Å². The molecule has 0 spiro atoms. The van der Waals surface area contributed by atoms with Gasteiger partial charge >= 0.3 is 5.97 Å². The third kappa shape index (κ3) is 9.27. The van der Waals surface area contributed by atoms with Crippen molar-refractivity contribution in [2.75, 3.05) is 33.0 Å². The maximum absolute atomic E-state index is 14.4. The lowest BCUT2D eigenvalue weighted by atomic mass is 9.73. The highest BCUT2D eigenvalue weighted by Crippen LogP contribution is 2.40. The Morgan fingerprint density at radius 2 is 1.76 bits per heavy atom. The van der Waals surface area contributed by atoms with Crippen LogP contribution in [0.2, 0.25) is 0 Å². The summed E-state index contributed by atoms with van der Waals surface area (Å²) < 4.78 is 32.2. The number of carbonyl (C=O) groups is 3. The van der Waals surface area contributed by atoms with Crippen LogP contribution in [0.5, 0.6) is 0 Å². The van der Waals surface area contributed by atoms with E-state index in [9.17, 15) is 24.6 Å². The number of nitrogens with two attached hydrogens (primary N) is 1. The van der Waals surface area contributed by atoms with Gasteiger partial charge < -0.3 is 49.4 Å². The molecule has 308 valence electrons. The van der Waals surface area contributed by atoms with Crippen LogP contribution in [0.3, 0.4) is 0 Å². The van der Waals surface area contributed by atoms with Gasteiger partial charge in [0.05, 0.1) is 43.5 Å². The number of rotatable bonds is 6. The van der Waals surface area contributed by atoms with Crippen molar-refractivity contribution in [1.29, 1.82) is 0 Å². The number of aliphatic hydroxyl groups is 2. The van der Waals surface area contributed by atoms with Gasteiger partial charge in [0.25, 0.3) is 5.91 Å². The van der Waals surface area contributed by atoms with Crippen LogP contribution in [-0.2, 0) is 49.3 Å². The summed E-state index contributed by atoms with van der Waals surface area (Å²) in [7, 11) is 3.72. The van der Waals surface area contributed by atoms with Gasteiger partial charge in [0, 0.05) is 23.6 Å². The molecule has 4 bridgehead atoms. The molecule has 5 rings (SSSR count). The average Bonchev–Trinajstić information content (AvgIpc) is 3.53. The molecule has 55 heavy (non-hydrogen) atoms. The number of ketones is 1. The van der Waals surface area contributed by atoms with Gasteiger partial charge in [0.1, 0.15) is 34.4 Å². The molecule has 1 aromatic rings. The van der Waals surface area contributed by atoms with Crippen molar-refractivity contribution in [1.82, 2.24) is 15.1 Å². The molecular formula is C37H58N6O11S. The second kappa shape index (κ2) is 17.3. The van der Waals surface area contributed by atoms with Crippen molar-refractivity contribution in [3.63, 3.8) is 0 Å². The van der Waals surface area contributed by atoms with E-state index < -0.39 is 89.3 Å². The van der Waals surface area contributed by atoms with Crippen LogP contribution < -0.4 is 5.73 Å².